The molecule has 1 unspecified atom stereocenters. The van der Waals surface area contributed by atoms with Crippen LogP contribution in [0.3, 0.4) is 0 Å². The van der Waals surface area contributed by atoms with E-state index in [1.54, 1.807) is 12.1 Å². The molecule has 0 spiro atoms. The highest BCUT2D eigenvalue weighted by Crippen LogP contribution is 2.33. The van der Waals surface area contributed by atoms with Crippen molar-refractivity contribution in [3.05, 3.63) is 34.9 Å². The second kappa shape index (κ2) is 5.37. The van der Waals surface area contributed by atoms with Gasteiger partial charge in [0.25, 0.3) is 0 Å². The van der Waals surface area contributed by atoms with Crippen molar-refractivity contribution >= 4 is 24.0 Å². The summed E-state index contributed by atoms with van der Waals surface area (Å²) in [5.41, 5.74) is 5.06. The smallest absolute Gasteiger partial charge is 0.141 e. The predicted octanol–water partition coefficient (Wildman–Crippen LogP) is 3.30. The average Bonchev–Trinajstić information content (AvgIpc) is 1.99. The molecular weight excluding hydrogens is 245 g/mol. The lowest BCUT2D eigenvalue weighted by molar-refractivity contribution is 0.00301. The van der Waals surface area contributed by atoms with Gasteiger partial charge in [0.15, 0.2) is 0 Å². The number of hydrogen-bond donors (Lipinski definition) is 2. The number of rotatable bonds is 2. The Labute approximate surface area is 108 Å². The summed E-state index contributed by atoms with van der Waals surface area (Å²) in [6.07, 6.45) is 0.462. The summed E-state index contributed by atoms with van der Waals surface area (Å²) in [7, 11) is 0. The summed E-state index contributed by atoms with van der Waals surface area (Å²) < 4.78 is 0. The van der Waals surface area contributed by atoms with Crippen LogP contribution in [-0.4, -0.2) is 5.11 Å². The molecular formula is C12H19Cl2NO. The van der Waals surface area contributed by atoms with E-state index in [9.17, 15) is 5.11 Å². The SMILES string of the molecule is CC(C)(C)CC(N)(O)c1ccccc1Cl.Cl. The first-order valence-electron chi connectivity index (χ1n) is 4.99. The van der Waals surface area contributed by atoms with Crippen LogP contribution in [0.5, 0.6) is 0 Å². The van der Waals surface area contributed by atoms with Crippen molar-refractivity contribution in [2.24, 2.45) is 11.1 Å². The van der Waals surface area contributed by atoms with E-state index < -0.39 is 5.72 Å². The van der Waals surface area contributed by atoms with Gasteiger partial charge in [0.2, 0.25) is 0 Å². The topological polar surface area (TPSA) is 46.2 Å². The summed E-state index contributed by atoms with van der Waals surface area (Å²) in [6, 6.07) is 7.13. The average molecular weight is 264 g/mol. The van der Waals surface area contributed by atoms with E-state index in [2.05, 4.69) is 0 Å². The molecule has 0 aliphatic rings. The van der Waals surface area contributed by atoms with Crippen LogP contribution in [0.25, 0.3) is 0 Å². The molecule has 0 aliphatic heterocycles. The Kier molecular flexibility index (Phi) is 5.27. The molecule has 4 heteroatoms. The number of hydrogen-bond acceptors (Lipinski definition) is 2. The third-order valence-electron chi connectivity index (χ3n) is 2.14. The lowest BCUT2D eigenvalue weighted by Crippen LogP contribution is -2.40. The molecule has 0 radical (unpaired) electrons. The Morgan fingerprint density at radius 1 is 1.25 bits per heavy atom. The van der Waals surface area contributed by atoms with Gasteiger partial charge < -0.3 is 5.11 Å². The van der Waals surface area contributed by atoms with Gasteiger partial charge in [0.05, 0.1) is 0 Å². The third-order valence-corrected chi connectivity index (χ3v) is 2.47. The molecule has 3 N–H and O–H groups in total. The van der Waals surface area contributed by atoms with Crippen molar-refractivity contribution in [2.75, 3.05) is 0 Å². The second-order valence-electron chi connectivity index (χ2n) is 5.14. The van der Waals surface area contributed by atoms with Gasteiger partial charge in [-0.05, 0) is 17.9 Å². The minimum Gasteiger partial charge on any atom is -0.372 e. The van der Waals surface area contributed by atoms with E-state index in [0.29, 0.717) is 17.0 Å². The van der Waals surface area contributed by atoms with Crippen LogP contribution < -0.4 is 5.73 Å². The molecule has 0 bridgehead atoms. The van der Waals surface area contributed by atoms with E-state index in [1.807, 2.05) is 32.9 Å². The molecule has 0 aliphatic carbocycles. The lowest BCUT2D eigenvalue weighted by Gasteiger charge is -2.31. The van der Waals surface area contributed by atoms with Crippen molar-refractivity contribution in [3.63, 3.8) is 0 Å². The van der Waals surface area contributed by atoms with Gasteiger partial charge in [0.1, 0.15) is 5.72 Å². The van der Waals surface area contributed by atoms with Crippen LogP contribution in [0.15, 0.2) is 24.3 Å². The molecule has 0 saturated carbocycles. The van der Waals surface area contributed by atoms with Gasteiger partial charge in [-0.1, -0.05) is 50.6 Å². The van der Waals surface area contributed by atoms with Crippen LogP contribution in [0.1, 0.15) is 32.8 Å². The van der Waals surface area contributed by atoms with Gasteiger partial charge >= 0.3 is 0 Å². The minimum absolute atomic E-state index is 0. The van der Waals surface area contributed by atoms with Crippen LogP contribution in [0.2, 0.25) is 5.02 Å². The van der Waals surface area contributed by atoms with Crippen LogP contribution in [0, 0.1) is 5.41 Å². The second-order valence-corrected chi connectivity index (χ2v) is 5.55. The van der Waals surface area contributed by atoms with Gasteiger partial charge in [-0.15, -0.1) is 12.4 Å². The third kappa shape index (κ3) is 4.30. The lowest BCUT2D eigenvalue weighted by atomic mass is 9.83. The van der Waals surface area contributed by atoms with Gasteiger partial charge in [-0.3, -0.25) is 5.73 Å². The molecule has 1 rings (SSSR count). The maximum absolute atomic E-state index is 10.2. The first-order valence-corrected chi connectivity index (χ1v) is 5.36. The van der Waals surface area contributed by atoms with Gasteiger partial charge in [-0.25, -0.2) is 0 Å². The number of halogens is 2. The van der Waals surface area contributed by atoms with E-state index in [1.165, 1.54) is 0 Å². The molecule has 0 fully saturated rings. The predicted molar refractivity (Wildman–Crippen MR) is 70.9 cm³/mol. The molecule has 16 heavy (non-hydrogen) atoms. The summed E-state index contributed by atoms with van der Waals surface area (Å²) in [5, 5.41) is 10.7. The Morgan fingerprint density at radius 3 is 2.19 bits per heavy atom. The number of benzene rings is 1. The summed E-state index contributed by atoms with van der Waals surface area (Å²) in [4.78, 5) is 0. The van der Waals surface area contributed by atoms with E-state index >= 15 is 0 Å². The van der Waals surface area contributed by atoms with Crippen molar-refractivity contribution in [1.29, 1.82) is 0 Å². The zero-order valence-corrected chi connectivity index (χ0v) is 11.4. The molecule has 2 nitrogen and oxygen atoms in total. The zero-order valence-electron chi connectivity index (χ0n) is 9.83. The van der Waals surface area contributed by atoms with E-state index in [-0.39, 0.29) is 17.8 Å². The van der Waals surface area contributed by atoms with Crippen molar-refractivity contribution < 1.29 is 5.11 Å². The highest BCUT2D eigenvalue weighted by molar-refractivity contribution is 6.31. The van der Waals surface area contributed by atoms with Gasteiger partial charge in [-0.2, -0.15) is 0 Å². The number of aliphatic hydroxyl groups is 1. The molecule has 0 aromatic heterocycles. The monoisotopic (exact) mass is 263 g/mol. The van der Waals surface area contributed by atoms with Gasteiger partial charge in [0, 0.05) is 10.6 Å². The van der Waals surface area contributed by atoms with Crippen molar-refractivity contribution in [1.82, 2.24) is 0 Å². The van der Waals surface area contributed by atoms with Crippen molar-refractivity contribution in [3.8, 4) is 0 Å². The first kappa shape index (κ1) is 15.7. The number of nitrogens with two attached hydrogens (primary N) is 1. The van der Waals surface area contributed by atoms with Crippen LogP contribution in [0.4, 0.5) is 0 Å². The molecule has 1 aromatic rings. The summed E-state index contributed by atoms with van der Waals surface area (Å²) >= 11 is 6.00. The zero-order chi connectivity index (χ0) is 11.7. The molecule has 0 heterocycles. The molecule has 92 valence electrons. The first-order chi connectivity index (χ1) is 6.72. The molecule has 1 aromatic carbocycles. The van der Waals surface area contributed by atoms with Crippen LogP contribution in [-0.2, 0) is 5.72 Å². The fraction of sp³-hybridized carbons (Fsp3) is 0.500. The molecule has 1 atom stereocenters. The van der Waals surface area contributed by atoms with E-state index in [4.69, 9.17) is 17.3 Å². The fourth-order valence-corrected chi connectivity index (χ4v) is 2.02. The highest BCUT2D eigenvalue weighted by Gasteiger charge is 2.31. The Hall–Kier alpha value is -0.280. The Morgan fingerprint density at radius 2 is 1.75 bits per heavy atom. The fourth-order valence-electron chi connectivity index (χ4n) is 1.72. The summed E-state index contributed by atoms with van der Waals surface area (Å²) in [5.74, 6) is 0. The summed E-state index contributed by atoms with van der Waals surface area (Å²) in [6.45, 7) is 6.09. The quantitative estimate of drug-likeness (QED) is 0.805. The van der Waals surface area contributed by atoms with Crippen LogP contribution >= 0.6 is 24.0 Å². The largest absolute Gasteiger partial charge is 0.372 e. The van der Waals surface area contributed by atoms with E-state index in [0.717, 1.165) is 0 Å². The van der Waals surface area contributed by atoms with Crippen molar-refractivity contribution in [2.45, 2.75) is 32.9 Å². The highest BCUT2D eigenvalue weighted by atomic mass is 35.5. The Bertz CT molecular complexity index is 345. The molecule has 0 amide bonds. The maximum Gasteiger partial charge on any atom is 0.141 e. The normalized spacial score (nSPS) is 15.1. The Balaban J connectivity index is 0.00000225. The maximum atomic E-state index is 10.2. The molecule has 0 saturated heterocycles. The standard InChI is InChI=1S/C12H18ClNO.ClH/c1-11(2,3)8-12(14,15)9-6-4-5-7-10(9)13;/h4-7,15H,8,14H2,1-3H3;1H. The minimum atomic E-state index is -1.36.